The monoisotopic (exact) mass is 348 g/mol. The third kappa shape index (κ3) is 4.71. The number of halogens is 1. The fraction of sp³-hybridized carbons (Fsp3) is 0.333. The van der Waals surface area contributed by atoms with Gasteiger partial charge in [0.1, 0.15) is 0 Å². The molecule has 0 saturated heterocycles. The molecule has 0 N–H and O–H groups in total. The molecule has 4 nitrogen and oxygen atoms in total. The quantitative estimate of drug-likeness (QED) is 0.761. The summed E-state index contributed by atoms with van der Waals surface area (Å²) in [5.74, 6) is 0.671. The van der Waals surface area contributed by atoms with Crippen LogP contribution in [0.1, 0.15) is 19.4 Å². The molecule has 6 heteroatoms. The lowest BCUT2D eigenvalue weighted by atomic mass is 10.2. The molecule has 2 rings (SSSR count). The van der Waals surface area contributed by atoms with Gasteiger partial charge in [0.2, 0.25) is 5.91 Å². The number of ether oxygens (including phenoxy) is 1. The van der Waals surface area contributed by atoms with Crippen molar-refractivity contribution in [1.82, 2.24) is 4.98 Å². The zero-order valence-corrected chi connectivity index (χ0v) is 14.8. The first-order chi connectivity index (χ1) is 11.5. The van der Waals surface area contributed by atoms with Crippen LogP contribution in [-0.4, -0.2) is 29.8 Å². The predicted octanol–water partition coefficient (Wildman–Crippen LogP) is 3.90. The smallest absolute Gasteiger partial charge is 0.237 e. The number of amides is 1. The summed E-state index contributed by atoms with van der Waals surface area (Å²) in [5, 5.41) is 0. The van der Waals surface area contributed by atoms with E-state index in [0.717, 1.165) is 5.56 Å². The minimum Gasteiger partial charge on any atom is -0.494 e. The number of nitrogens with zero attached hydrogens (tertiary/aromatic N) is 2. The number of carbonyl (C=O) groups is 1. The molecule has 0 radical (unpaired) electrons. The molecule has 0 bridgehead atoms. The SMILES string of the molecule is COc1ccc(N(C(=O)CSCc2cccnc2)C(C)C)cc1F. The largest absolute Gasteiger partial charge is 0.494 e. The molecular weight excluding hydrogens is 327 g/mol. The van der Waals surface area contributed by atoms with Crippen LogP contribution in [-0.2, 0) is 10.5 Å². The van der Waals surface area contributed by atoms with Gasteiger partial charge in [-0.2, -0.15) is 0 Å². The number of carbonyl (C=O) groups excluding carboxylic acids is 1. The number of benzene rings is 1. The topological polar surface area (TPSA) is 42.4 Å². The van der Waals surface area contributed by atoms with Gasteiger partial charge in [0, 0.05) is 35.9 Å². The Bertz CT molecular complexity index is 680. The second kappa shape index (κ2) is 8.68. The van der Waals surface area contributed by atoms with Gasteiger partial charge in [0.15, 0.2) is 11.6 Å². The highest BCUT2D eigenvalue weighted by atomic mass is 32.2. The van der Waals surface area contributed by atoms with Gasteiger partial charge in [-0.05, 0) is 37.6 Å². The summed E-state index contributed by atoms with van der Waals surface area (Å²) >= 11 is 1.52. The Morgan fingerprint density at radius 3 is 2.75 bits per heavy atom. The van der Waals surface area contributed by atoms with Crippen molar-refractivity contribution in [2.45, 2.75) is 25.6 Å². The minimum atomic E-state index is -0.475. The number of aromatic nitrogens is 1. The van der Waals surface area contributed by atoms with Crippen molar-refractivity contribution in [3.63, 3.8) is 0 Å². The van der Waals surface area contributed by atoms with Crippen LogP contribution in [0.5, 0.6) is 5.75 Å². The second-order valence-electron chi connectivity index (χ2n) is 5.53. The zero-order chi connectivity index (χ0) is 17.5. The fourth-order valence-electron chi connectivity index (χ4n) is 2.34. The van der Waals surface area contributed by atoms with Gasteiger partial charge < -0.3 is 9.64 Å². The Hall–Kier alpha value is -2.08. The van der Waals surface area contributed by atoms with Gasteiger partial charge in [0.25, 0.3) is 0 Å². The van der Waals surface area contributed by atoms with Gasteiger partial charge in [-0.25, -0.2) is 4.39 Å². The highest BCUT2D eigenvalue weighted by Crippen LogP contribution is 2.26. The van der Waals surface area contributed by atoms with Crippen LogP contribution in [0.3, 0.4) is 0 Å². The molecule has 0 spiro atoms. The summed E-state index contributed by atoms with van der Waals surface area (Å²) in [6, 6.07) is 8.36. The van der Waals surface area contributed by atoms with Crippen LogP contribution in [0.15, 0.2) is 42.7 Å². The van der Waals surface area contributed by atoms with Gasteiger partial charge in [-0.3, -0.25) is 9.78 Å². The second-order valence-corrected chi connectivity index (χ2v) is 6.52. The molecule has 1 amide bonds. The Morgan fingerprint density at radius 2 is 2.17 bits per heavy atom. The van der Waals surface area contributed by atoms with Gasteiger partial charge in [-0.1, -0.05) is 6.07 Å². The maximum Gasteiger partial charge on any atom is 0.237 e. The third-order valence-electron chi connectivity index (χ3n) is 3.42. The maximum atomic E-state index is 13.9. The molecule has 1 aromatic carbocycles. The molecule has 1 aromatic heterocycles. The standard InChI is InChI=1S/C18H21FN2O2S/c1-13(2)21(15-6-7-17(23-3)16(19)9-15)18(22)12-24-11-14-5-4-8-20-10-14/h4-10,13H,11-12H2,1-3H3. The number of thioether (sulfide) groups is 1. The molecule has 0 aliphatic heterocycles. The van der Waals surface area contributed by atoms with Crippen molar-refractivity contribution >= 4 is 23.4 Å². The molecule has 24 heavy (non-hydrogen) atoms. The van der Waals surface area contributed by atoms with Crippen molar-refractivity contribution in [3.8, 4) is 5.75 Å². The van der Waals surface area contributed by atoms with Crippen molar-refractivity contribution in [2.24, 2.45) is 0 Å². The number of hydrogen-bond acceptors (Lipinski definition) is 4. The van der Waals surface area contributed by atoms with Crippen LogP contribution in [0, 0.1) is 5.82 Å². The molecule has 0 saturated carbocycles. The van der Waals surface area contributed by atoms with Crippen LogP contribution in [0.2, 0.25) is 0 Å². The van der Waals surface area contributed by atoms with E-state index in [9.17, 15) is 9.18 Å². The van der Waals surface area contributed by atoms with E-state index in [0.29, 0.717) is 17.2 Å². The molecule has 0 aliphatic rings. The summed E-state index contributed by atoms with van der Waals surface area (Å²) in [6.45, 7) is 3.82. The molecule has 1 heterocycles. The van der Waals surface area contributed by atoms with E-state index in [-0.39, 0.29) is 17.7 Å². The van der Waals surface area contributed by atoms with Gasteiger partial charge in [0.05, 0.1) is 12.9 Å². The number of pyridine rings is 1. The normalized spacial score (nSPS) is 10.7. The van der Waals surface area contributed by atoms with Crippen LogP contribution >= 0.6 is 11.8 Å². The highest BCUT2D eigenvalue weighted by molar-refractivity contribution is 7.99. The Morgan fingerprint density at radius 1 is 1.38 bits per heavy atom. The van der Waals surface area contributed by atoms with Crippen molar-refractivity contribution in [1.29, 1.82) is 0 Å². The van der Waals surface area contributed by atoms with E-state index >= 15 is 0 Å². The summed E-state index contributed by atoms with van der Waals surface area (Å²) < 4.78 is 18.9. The van der Waals surface area contributed by atoms with Crippen LogP contribution in [0.4, 0.5) is 10.1 Å². The zero-order valence-electron chi connectivity index (χ0n) is 14.0. The van der Waals surface area contributed by atoms with E-state index in [2.05, 4.69) is 4.98 Å². The number of methoxy groups -OCH3 is 1. The lowest BCUT2D eigenvalue weighted by Gasteiger charge is -2.27. The Labute approximate surface area is 146 Å². The number of anilines is 1. The number of rotatable bonds is 7. The van der Waals surface area contributed by atoms with Gasteiger partial charge in [-0.15, -0.1) is 11.8 Å². The molecule has 0 aliphatic carbocycles. The number of hydrogen-bond donors (Lipinski definition) is 0. The molecule has 0 atom stereocenters. The summed E-state index contributed by atoms with van der Waals surface area (Å²) in [6.07, 6.45) is 3.51. The summed E-state index contributed by atoms with van der Waals surface area (Å²) in [7, 11) is 1.42. The van der Waals surface area contributed by atoms with E-state index < -0.39 is 5.82 Å². The third-order valence-corrected chi connectivity index (χ3v) is 4.40. The van der Waals surface area contributed by atoms with Crippen LogP contribution in [0.25, 0.3) is 0 Å². The van der Waals surface area contributed by atoms with E-state index in [1.54, 1.807) is 23.4 Å². The lowest BCUT2D eigenvalue weighted by molar-refractivity contribution is -0.116. The summed E-state index contributed by atoms with van der Waals surface area (Å²) in [5.41, 5.74) is 1.61. The first-order valence-electron chi connectivity index (χ1n) is 7.65. The van der Waals surface area contributed by atoms with Crippen molar-refractivity contribution < 1.29 is 13.9 Å². The molecule has 0 fully saturated rings. The van der Waals surface area contributed by atoms with Gasteiger partial charge >= 0.3 is 0 Å². The molecular formula is C18H21FN2O2S. The average Bonchev–Trinajstić information content (AvgIpc) is 2.56. The predicted molar refractivity (Wildman–Crippen MR) is 96.0 cm³/mol. The average molecular weight is 348 g/mol. The van der Waals surface area contributed by atoms with Crippen molar-refractivity contribution in [3.05, 3.63) is 54.1 Å². The Balaban J connectivity index is 2.04. The first kappa shape index (κ1) is 18.3. The minimum absolute atomic E-state index is 0.0524. The van der Waals surface area contributed by atoms with Crippen LogP contribution < -0.4 is 9.64 Å². The van der Waals surface area contributed by atoms with E-state index in [1.165, 1.54) is 31.0 Å². The van der Waals surface area contributed by atoms with E-state index in [4.69, 9.17) is 4.74 Å². The molecule has 128 valence electrons. The molecule has 2 aromatic rings. The first-order valence-corrected chi connectivity index (χ1v) is 8.80. The Kier molecular flexibility index (Phi) is 6.61. The fourth-order valence-corrected chi connectivity index (χ4v) is 3.17. The molecule has 0 unspecified atom stereocenters. The maximum absolute atomic E-state index is 13.9. The van der Waals surface area contributed by atoms with Crippen molar-refractivity contribution in [2.75, 3.05) is 17.8 Å². The highest BCUT2D eigenvalue weighted by Gasteiger charge is 2.20. The lowest BCUT2D eigenvalue weighted by Crippen LogP contribution is -2.38. The van der Waals surface area contributed by atoms with E-state index in [1.807, 2.05) is 26.0 Å². The summed E-state index contributed by atoms with van der Waals surface area (Å²) in [4.78, 5) is 18.2.